The number of nitrogens with zero attached hydrogens (tertiary/aromatic N) is 3. The number of para-hydroxylation sites is 2. The van der Waals surface area contributed by atoms with Gasteiger partial charge < -0.3 is 4.57 Å². The molecule has 2 aromatic heterocycles. The second kappa shape index (κ2) is 9.47. The molecule has 0 saturated heterocycles. The standard InChI is InChI=1S/C22H19ClN4OS2/c1-15-10-11-29-20(15)12-24-26-21(28)14-30-22-25-18-4-2-3-5-19(18)27(22)13-16-6-8-17(23)9-7-16/h2-12H,13-14H2,1H3,(H,26,28)/b24-12+. The lowest BCUT2D eigenvalue weighted by Crippen LogP contribution is -2.20. The van der Waals surface area contributed by atoms with Crippen LogP contribution in [0.1, 0.15) is 16.0 Å². The lowest BCUT2D eigenvalue weighted by molar-refractivity contribution is -0.118. The van der Waals surface area contributed by atoms with Crippen molar-refractivity contribution in [3.05, 3.63) is 81.0 Å². The third kappa shape index (κ3) is 4.92. The van der Waals surface area contributed by atoms with E-state index < -0.39 is 0 Å². The topological polar surface area (TPSA) is 59.3 Å². The van der Waals surface area contributed by atoms with E-state index in [2.05, 4.69) is 15.1 Å². The minimum atomic E-state index is -0.171. The molecule has 30 heavy (non-hydrogen) atoms. The average molecular weight is 455 g/mol. The van der Waals surface area contributed by atoms with Crippen molar-refractivity contribution in [3.8, 4) is 0 Å². The van der Waals surface area contributed by atoms with E-state index in [4.69, 9.17) is 16.6 Å². The molecule has 0 aliphatic carbocycles. The molecular formula is C22H19ClN4OS2. The van der Waals surface area contributed by atoms with Crippen LogP contribution in [0.2, 0.25) is 5.02 Å². The predicted molar refractivity (Wildman–Crippen MR) is 126 cm³/mol. The summed E-state index contributed by atoms with van der Waals surface area (Å²) in [6, 6.07) is 17.7. The van der Waals surface area contributed by atoms with Crippen LogP contribution in [0.5, 0.6) is 0 Å². The third-order valence-corrected chi connectivity index (χ3v) is 6.66. The SMILES string of the molecule is Cc1ccsc1/C=N/NC(=O)CSc1nc2ccccc2n1Cc1ccc(Cl)cc1. The second-order valence-corrected chi connectivity index (χ2v) is 8.97. The molecule has 0 saturated carbocycles. The Bertz CT molecular complexity index is 1200. The fraction of sp³-hybridized carbons (Fsp3) is 0.136. The van der Waals surface area contributed by atoms with Gasteiger partial charge in [-0.2, -0.15) is 5.10 Å². The number of imidazole rings is 1. The highest BCUT2D eigenvalue weighted by atomic mass is 35.5. The minimum absolute atomic E-state index is 0.171. The first-order valence-electron chi connectivity index (χ1n) is 9.28. The average Bonchev–Trinajstić information content (AvgIpc) is 3.31. The summed E-state index contributed by atoms with van der Waals surface area (Å²) in [5.41, 5.74) is 6.78. The number of hydrogen-bond acceptors (Lipinski definition) is 5. The predicted octanol–water partition coefficient (Wildman–Crippen LogP) is 5.35. The Hall–Kier alpha value is -2.61. The zero-order chi connectivity index (χ0) is 20.9. The first-order valence-corrected chi connectivity index (χ1v) is 11.5. The Morgan fingerprint density at radius 1 is 1.23 bits per heavy atom. The first kappa shape index (κ1) is 20.7. The molecule has 4 rings (SSSR count). The maximum Gasteiger partial charge on any atom is 0.250 e. The smallest absolute Gasteiger partial charge is 0.250 e. The van der Waals surface area contributed by atoms with Gasteiger partial charge in [0.2, 0.25) is 0 Å². The fourth-order valence-corrected chi connectivity index (χ4v) is 4.65. The number of hydrogen-bond donors (Lipinski definition) is 1. The van der Waals surface area contributed by atoms with Crippen LogP contribution >= 0.6 is 34.7 Å². The van der Waals surface area contributed by atoms with Crippen molar-refractivity contribution >= 4 is 57.9 Å². The number of carbonyl (C=O) groups excluding carboxylic acids is 1. The van der Waals surface area contributed by atoms with Crippen molar-refractivity contribution in [2.45, 2.75) is 18.6 Å². The highest BCUT2D eigenvalue weighted by Gasteiger charge is 2.13. The molecule has 152 valence electrons. The molecule has 5 nitrogen and oxygen atoms in total. The number of nitrogens with one attached hydrogen (secondary N) is 1. The molecule has 2 heterocycles. The number of aromatic nitrogens is 2. The number of halogens is 1. The van der Waals surface area contributed by atoms with Gasteiger partial charge in [0, 0.05) is 9.90 Å². The molecule has 0 atom stereocenters. The highest BCUT2D eigenvalue weighted by molar-refractivity contribution is 7.99. The van der Waals surface area contributed by atoms with E-state index in [1.807, 2.05) is 66.9 Å². The van der Waals surface area contributed by atoms with Crippen molar-refractivity contribution in [1.29, 1.82) is 0 Å². The summed E-state index contributed by atoms with van der Waals surface area (Å²) < 4.78 is 2.12. The van der Waals surface area contributed by atoms with Gasteiger partial charge in [0.05, 0.1) is 29.5 Å². The molecular weight excluding hydrogens is 436 g/mol. The van der Waals surface area contributed by atoms with E-state index >= 15 is 0 Å². The number of thiophene rings is 1. The van der Waals surface area contributed by atoms with Gasteiger partial charge in [-0.3, -0.25) is 4.79 Å². The summed E-state index contributed by atoms with van der Waals surface area (Å²) in [7, 11) is 0. The van der Waals surface area contributed by atoms with Crippen LogP contribution < -0.4 is 5.43 Å². The van der Waals surface area contributed by atoms with E-state index in [1.54, 1.807) is 17.6 Å². The molecule has 1 N–H and O–H groups in total. The lowest BCUT2D eigenvalue weighted by atomic mass is 10.2. The number of benzene rings is 2. The Labute approximate surface area is 187 Å². The molecule has 0 spiro atoms. The Morgan fingerprint density at radius 3 is 2.80 bits per heavy atom. The minimum Gasteiger partial charge on any atom is -0.314 e. The molecule has 0 aliphatic heterocycles. The first-order chi connectivity index (χ1) is 14.6. The van der Waals surface area contributed by atoms with Crippen molar-refractivity contribution in [2.75, 3.05) is 5.75 Å². The summed E-state index contributed by atoms with van der Waals surface area (Å²) in [6.07, 6.45) is 1.68. The molecule has 1 amide bonds. The lowest BCUT2D eigenvalue weighted by Gasteiger charge is -2.09. The molecule has 0 aliphatic rings. The van der Waals surface area contributed by atoms with Crippen molar-refractivity contribution in [1.82, 2.24) is 15.0 Å². The van der Waals surface area contributed by atoms with E-state index in [0.29, 0.717) is 11.6 Å². The van der Waals surface area contributed by atoms with Gasteiger partial charge in [0.15, 0.2) is 5.16 Å². The Balaban J connectivity index is 1.46. The molecule has 0 fully saturated rings. The van der Waals surface area contributed by atoms with E-state index in [9.17, 15) is 4.79 Å². The Kier molecular flexibility index (Phi) is 6.52. The Morgan fingerprint density at radius 2 is 2.03 bits per heavy atom. The summed E-state index contributed by atoms with van der Waals surface area (Å²) in [6.45, 7) is 2.66. The van der Waals surface area contributed by atoms with Crippen molar-refractivity contribution < 1.29 is 4.79 Å². The van der Waals surface area contributed by atoms with Gasteiger partial charge in [-0.05, 0) is 53.8 Å². The number of thioether (sulfide) groups is 1. The van der Waals surface area contributed by atoms with Crippen LogP contribution in [0.4, 0.5) is 0 Å². The van der Waals surface area contributed by atoms with E-state index in [0.717, 1.165) is 32.2 Å². The van der Waals surface area contributed by atoms with E-state index in [-0.39, 0.29) is 11.7 Å². The summed E-state index contributed by atoms with van der Waals surface area (Å²) in [5.74, 6) is 0.0561. The summed E-state index contributed by atoms with van der Waals surface area (Å²) in [5, 5.41) is 7.56. The van der Waals surface area contributed by atoms with Crippen molar-refractivity contribution in [2.24, 2.45) is 5.10 Å². The van der Waals surface area contributed by atoms with Gasteiger partial charge in [-0.25, -0.2) is 10.4 Å². The summed E-state index contributed by atoms with van der Waals surface area (Å²) >= 11 is 9.00. The number of hydrazone groups is 1. The van der Waals surface area contributed by atoms with Gasteiger partial charge >= 0.3 is 0 Å². The summed E-state index contributed by atoms with van der Waals surface area (Å²) in [4.78, 5) is 18.0. The quantitative estimate of drug-likeness (QED) is 0.232. The van der Waals surface area contributed by atoms with Gasteiger partial charge in [0.1, 0.15) is 0 Å². The number of aryl methyl sites for hydroxylation is 1. The van der Waals surface area contributed by atoms with Crippen molar-refractivity contribution in [3.63, 3.8) is 0 Å². The highest BCUT2D eigenvalue weighted by Crippen LogP contribution is 2.25. The maximum absolute atomic E-state index is 12.3. The molecule has 8 heteroatoms. The van der Waals surface area contributed by atoms with Crippen LogP contribution in [0, 0.1) is 6.92 Å². The van der Waals surface area contributed by atoms with Gasteiger partial charge in [-0.15, -0.1) is 11.3 Å². The normalized spacial score (nSPS) is 11.4. The molecule has 0 bridgehead atoms. The van der Waals surface area contributed by atoms with Crippen LogP contribution in [0.3, 0.4) is 0 Å². The number of rotatable bonds is 7. The zero-order valence-electron chi connectivity index (χ0n) is 16.2. The molecule has 4 aromatic rings. The third-order valence-electron chi connectivity index (χ3n) is 4.48. The molecule has 2 aromatic carbocycles. The van der Waals surface area contributed by atoms with Gasteiger partial charge in [0.25, 0.3) is 5.91 Å². The maximum atomic E-state index is 12.3. The van der Waals surface area contributed by atoms with Gasteiger partial charge in [-0.1, -0.05) is 47.6 Å². The molecule has 0 unspecified atom stereocenters. The van der Waals surface area contributed by atoms with Crippen LogP contribution in [-0.4, -0.2) is 27.4 Å². The number of fused-ring (bicyclic) bond motifs is 1. The number of carbonyl (C=O) groups is 1. The molecule has 0 radical (unpaired) electrons. The van der Waals surface area contributed by atoms with E-state index in [1.165, 1.54) is 11.8 Å². The van der Waals surface area contributed by atoms with Crippen LogP contribution in [0.25, 0.3) is 11.0 Å². The zero-order valence-corrected chi connectivity index (χ0v) is 18.6. The fourth-order valence-electron chi connectivity index (χ4n) is 2.93. The van der Waals surface area contributed by atoms with Crippen LogP contribution in [0.15, 0.2) is 70.2 Å². The second-order valence-electron chi connectivity index (χ2n) is 6.65. The van der Waals surface area contributed by atoms with Crippen LogP contribution in [-0.2, 0) is 11.3 Å². The number of amides is 1. The largest absolute Gasteiger partial charge is 0.314 e. The monoisotopic (exact) mass is 454 g/mol.